The topological polar surface area (TPSA) is 90.2 Å². The maximum absolute atomic E-state index is 14.3. The van der Waals surface area contributed by atoms with Gasteiger partial charge in [0, 0.05) is 5.56 Å². The molecule has 1 atom stereocenters. The van der Waals surface area contributed by atoms with Crippen LogP contribution in [0.3, 0.4) is 0 Å². The molecule has 210 valence electrons. The number of hydrogen-bond donors (Lipinski definition) is 0. The molecule has 1 unspecified atom stereocenters. The van der Waals surface area contributed by atoms with Crippen molar-refractivity contribution in [3.05, 3.63) is 139 Å². The molecular formula is C33H27N3O5S. The van der Waals surface area contributed by atoms with Crippen LogP contribution < -0.4 is 24.5 Å². The van der Waals surface area contributed by atoms with Crippen molar-refractivity contribution in [3.8, 4) is 5.75 Å². The van der Waals surface area contributed by atoms with E-state index >= 15 is 0 Å². The third kappa shape index (κ3) is 4.57. The predicted octanol–water partition coefficient (Wildman–Crippen LogP) is 3.89. The molecule has 3 heterocycles. The first-order valence-electron chi connectivity index (χ1n) is 13.3. The fraction of sp³-hybridized carbons (Fsp3) is 0.152. The predicted molar refractivity (Wildman–Crippen MR) is 161 cm³/mol. The van der Waals surface area contributed by atoms with Crippen molar-refractivity contribution in [1.82, 2.24) is 4.57 Å². The first-order valence-corrected chi connectivity index (χ1v) is 14.2. The van der Waals surface area contributed by atoms with Crippen molar-refractivity contribution in [2.24, 2.45) is 4.99 Å². The fourth-order valence-electron chi connectivity index (χ4n) is 5.37. The van der Waals surface area contributed by atoms with E-state index in [4.69, 9.17) is 9.47 Å². The molecule has 2 aliphatic heterocycles. The van der Waals surface area contributed by atoms with Crippen LogP contribution in [-0.2, 0) is 20.9 Å². The molecule has 0 saturated carbocycles. The number of hydrogen-bond acceptors (Lipinski definition) is 7. The Hall–Kier alpha value is -5.02. The Kier molecular flexibility index (Phi) is 7.18. The quantitative estimate of drug-likeness (QED) is 0.246. The lowest BCUT2D eigenvalue weighted by molar-refractivity contribution is -0.138. The van der Waals surface area contributed by atoms with Gasteiger partial charge in [0.15, 0.2) is 4.80 Å². The summed E-state index contributed by atoms with van der Waals surface area (Å²) in [5.74, 6) is -0.213. The van der Waals surface area contributed by atoms with Crippen LogP contribution in [0.15, 0.2) is 113 Å². The highest BCUT2D eigenvalue weighted by atomic mass is 32.1. The standard InChI is InChI=1S/C33H27N3O5S/c1-4-18-41-32(39)26-20(2)34-33-36(28(26)22-14-16-23(40-3)17-15-22)31(38)29(42-33)27-24-12-8-9-13-25(24)35(30(27)37)19-21-10-6-5-7-11-21/h4-17,28H,1,18-19H2,2-3H3. The summed E-state index contributed by atoms with van der Waals surface area (Å²) >= 11 is 1.15. The average molecular weight is 578 g/mol. The van der Waals surface area contributed by atoms with Gasteiger partial charge in [-0.3, -0.25) is 14.2 Å². The lowest BCUT2D eigenvalue weighted by Gasteiger charge is -2.24. The minimum Gasteiger partial charge on any atom is -0.497 e. The van der Waals surface area contributed by atoms with E-state index < -0.39 is 17.6 Å². The Morgan fingerprint density at radius 2 is 1.74 bits per heavy atom. The third-order valence-electron chi connectivity index (χ3n) is 7.31. The first kappa shape index (κ1) is 27.2. The van der Waals surface area contributed by atoms with Crippen molar-refractivity contribution in [3.63, 3.8) is 0 Å². The number of benzene rings is 3. The van der Waals surface area contributed by atoms with E-state index in [1.807, 2.05) is 54.6 Å². The summed E-state index contributed by atoms with van der Waals surface area (Å²) in [5.41, 5.74) is 3.69. The van der Waals surface area contributed by atoms with Crippen molar-refractivity contribution in [2.45, 2.75) is 19.5 Å². The third-order valence-corrected chi connectivity index (χ3v) is 8.37. The van der Waals surface area contributed by atoms with Gasteiger partial charge in [-0.15, -0.1) is 0 Å². The monoisotopic (exact) mass is 577 g/mol. The normalized spacial score (nSPS) is 17.0. The fourth-order valence-corrected chi connectivity index (χ4v) is 6.51. The van der Waals surface area contributed by atoms with Crippen LogP contribution >= 0.6 is 11.3 Å². The van der Waals surface area contributed by atoms with Gasteiger partial charge in [-0.1, -0.05) is 84.7 Å². The lowest BCUT2D eigenvalue weighted by Crippen LogP contribution is -2.41. The first-order chi connectivity index (χ1) is 20.4. The minimum atomic E-state index is -0.814. The molecule has 0 aliphatic carbocycles. The van der Waals surface area contributed by atoms with E-state index in [0.717, 1.165) is 22.6 Å². The molecule has 8 nitrogen and oxygen atoms in total. The number of carbonyl (C=O) groups is 2. The number of esters is 1. The molecule has 0 saturated heterocycles. The van der Waals surface area contributed by atoms with Gasteiger partial charge < -0.3 is 14.4 Å². The highest BCUT2D eigenvalue weighted by molar-refractivity contribution is 7.07. The molecule has 6 rings (SSSR count). The van der Waals surface area contributed by atoms with Crippen LogP contribution in [0.25, 0.3) is 5.57 Å². The van der Waals surface area contributed by atoms with E-state index in [1.54, 1.807) is 43.2 Å². The summed E-state index contributed by atoms with van der Waals surface area (Å²) in [5, 5.41) is 0. The molecule has 42 heavy (non-hydrogen) atoms. The molecule has 1 amide bonds. The smallest absolute Gasteiger partial charge is 0.338 e. The summed E-state index contributed by atoms with van der Waals surface area (Å²) in [7, 11) is 1.57. The minimum absolute atomic E-state index is 0.0159. The molecule has 4 aromatic rings. The van der Waals surface area contributed by atoms with Gasteiger partial charge in [-0.2, -0.15) is 0 Å². The Labute approximate surface area is 245 Å². The van der Waals surface area contributed by atoms with Crippen LogP contribution in [-0.4, -0.2) is 30.2 Å². The van der Waals surface area contributed by atoms with Crippen LogP contribution in [0, 0.1) is 0 Å². The number of carbonyl (C=O) groups excluding carboxylic acids is 2. The van der Waals surface area contributed by atoms with Gasteiger partial charge in [0.1, 0.15) is 16.9 Å². The Balaban J connectivity index is 1.56. The highest BCUT2D eigenvalue weighted by Gasteiger charge is 2.37. The number of nitrogens with zero attached hydrogens (tertiary/aromatic N) is 3. The highest BCUT2D eigenvalue weighted by Crippen LogP contribution is 2.37. The van der Waals surface area contributed by atoms with Crippen LogP contribution in [0.4, 0.5) is 5.69 Å². The van der Waals surface area contributed by atoms with Gasteiger partial charge in [-0.25, -0.2) is 9.79 Å². The number of thiazole rings is 1. The van der Waals surface area contributed by atoms with Crippen LogP contribution in [0.1, 0.15) is 29.7 Å². The summed E-state index contributed by atoms with van der Waals surface area (Å²) in [6.07, 6.45) is 1.48. The molecule has 9 heteroatoms. The molecule has 1 aromatic heterocycles. The van der Waals surface area contributed by atoms with Gasteiger partial charge in [0.05, 0.1) is 42.2 Å². The number of anilines is 1. The number of para-hydroxylation sites is 1. The van der Waals surface area contributed by atoms with Crippen LogP contribution in [0.2, 0.25) is 0 Å². The molecule has 0 bridgehead atoms. The number of methoxy groups -OCH3 is 1. The number of aromatic nitrogens is 1. The lowest BCUT2D eigenvalue weighted by atomic mass is 9.96. The van der Waals surface area contributed by atoms with E-state index in [9.17, 15) is 14.4 Å². The zero-order valence-electron chi connectivity index (χ0n) is 23.1. The second-order valence-electron chi connectivity index (χ2n) is 9.83. The van der Waals surface area contributed by atoms with Crippen molar-refractivity contribution in [1.29, 1.82) is 0 Å². The summed E-state index contributed by atoms with van der Waals surface area (Å²) in [6, 6.07) is 23.5. The summed E-state index contributed by atoms with van der Waals surface area (Å²) < 4.78 is 12.5. The molecule has 3 aromatic carbocycles. The zero-order chi connectivity index (χ0) is 29.4. The molecular weight excluding hydrogens is 550 g/mol. The van der Waals surface area contributed by atoms with E-state index in [2.05, 4.69) is 11.6 Å². The number of ether oxygens (including phenoxy) is 2. The Morgan fingerprint density at radius 1 is 1.02 bits per heavy atom. The van der Waals surface area contributed by atoms with Crippen molar-refractivity contribution in [2.75, 3.05) is 18.6 Å². The molecule has 0 fully saturated rings. The second kappa shape index (κ2) is 11.1. The van der Waals surface area contributed by atoms with Gasteiger partial charge >= 0.3 is 5.97 Å². The number of rotatable bonds is 7. The number of amides is 1. The number of fused-ring (bicyclic) bond motifs is 2. The molecule has 0 spiro atoms. The second-order valence-corrected chi connectivity index (χ2v) is 10.8. The maximum Gasteiger partial charge on any atom is 0.338 e. The van der Waals surface area contributed by atoms with Crippen LogP contribution in [0.5, 0.6) is 5.75 Å². The van der Waals surface area contributed by atoms with Gasteiger partial charge in [0.25, 0.3) is 11.5 Å². The SMILES string of the molecule is C=CCOC(=O)C1=C(C)N=c2sc(=C3C(=O)N(Cc4ccccc4)c4ccccc43)c(=O)n2C1c1ccc(OC)cc1. The summed E-state index contributed by atoms with van der Waals surface area (Å²) in [6.45, 7) is 5.73. The molecule has 0 radical (unpaired) electrons. The van der Waals surface area contributed by atoms with E-state index in [-0.39, 0.29) is 22.6 Å². The van der Waals surface area contributed by atoms with E-state index in [0.29, 0.717) is 39.5 Å². The van der Waals surface area contributed by atoms with Gasteiger partial charge in [-0.05, 0) is 36.2 Å². The van der Waals surface area contributed by atoms with Gasteiger partial charge in [0.2, 0.25) is 0 Å². The average Bonchev–Trinajstić information content (AvgIpc) is 3.47. The van der Waals surface area contributed by atoms with Crippen molar-refractivity contribution < 1.29 is 19.1 Å². The van der Waals surface area contributed by atoms with E-state index in [1.165, 1.54) is 10.6 Å². The Morgan fingerprint density at radius 3 is 2.45 bits per heavy atom. The summed E-state index contributed by atoms with van der Waals surface area (Å²) in [4.78, 5) is 48.4. The van der Waals surface area contributed by atoms with Crippen molar-refractivity contribution >= 4 is 34.5 Å². The molecule has 2 aliphatic rings. The molecule has 0 N–H and O–H groups in total. The maximum atomic E-state index is 14.3. The zero-order valence-corrected chi connectivity index (χ0v) is 23.9. The largest absolute Gasteiger partial charge is 0.497 e. The Bertz CT molecular complexity index is 1940. The number of allylic oxidation sites excluding steroid dienone is 1.